The lowest BCUT2D eigenvalue weighted by atomic mass is 9.95. The number of nitrogens with one attached hydrogen (secondary N) is 1. The summed E-state index contributed by atoms with van der Waals surface area (Å²) in [6.07, 6.45) is 6.04. The SMILES string of the molecule is CC(C)c1[nH]c(=O)nc2c1CCC=C2. The second kappa shape index (κ2) is 3.40. The topological polar surface area (TPSA) is 45.8 Å². The maximum atomic E-state index is 11.3. The molecule has 0 fully saturated rings. The first-order chi connectivity index (χ1) is 6.68. The molecule has 74 valence electrons. The summed E-state index contributed by atoms with van der Waals surface area (Å²) in [6.45, 7) is 4.17. The molecule has 1 aromatic heterocycles. The molecule has 1 heterocycles. The van der Waals surface area contributed by atoms with Crippen LogP contribution in [0.3, 0.4) is 0 Å². The van der Waals surface area contributed by atoms with E-state index in [0.717, 1.165) is 24.2 Å². The van der Waals surface area contributed by atoms with E-state index in [2.05, 4.69) is 29.9 Å². The minimum Gasteiger partial charge on any atom is -0.309 e. The van der Waals surface area contributed by atoms with Crippen molar-refractivity contribution in [3.63, 3.8) is 0 Å². The third-order valence-corrected chi connectivity index (χ3v) is 2.51. The highest BCUT2D eigenvalue weighted by Gasteiger charge is 2.14. The standard InChI is InChI=1S/C11H14N2O/c1-7(2)10-8-5-3-4-6-9(8)12-11(14)13-10/h4,6-7H,3,5H2,1-2H3,(H,12,13,14). The molecule has 0 unspecified atom stereocenters. The smallest absolute Gasteiger partial charge is 0.309 e. The molecule has 0 spiro atoms. The number of aromatic nitrogens is 2. The normalized spacial score (nSPS) is 14.5. The first-order valence-electron chi connectivity index (χ1n) is 4.98. The van der Waals surface area contributed by atoms with Gasteiger partial charge in [-0.25, -0.2) is 4.79 Å². The quantitative estimate of drug-likeness (QED) is 0.734. The molecule has 0 saturated heterocycles. The van der Waals surface area contributed by atoms with Gasteiger partial charge in [0.25, 0.3) is 0 Å². The predicted octanol–water partition coefficient (Wildman–Crippen LogP) is 1.85. The molecule has 0 bridgehead atoms. The lowest BCUT2D eigenvalue weighted by Gasteiger charge is -2.15. The molecule has 0 aromatic carbocycles. The third-order valence-electron chi connectivity index (χ3n) is 2.51. The Morgan fingerprint density at radius 3 is 3.00 bits per heavy atom. The number of hydrogen-bond acceptors (Lipinski definition) is 2. The van der Waals surface area contributed by atoms with Crippen LogP contribution in [0.25, 0.3) is 6.08 Å². The molecular formula is C11H14N2O. The average molecular weight is 190 g/mol. The lowest BCUT2D eigenvalue weighted by molar-refractivity contribution is 0.761. The van der Waals surface area contributed by atoms with Gasteiger partial charge in [-0.05, 0) is 30.4 Å². The van der Waals surface area contributed by atoms with Crippen molar-refractivity contribution in [3.8, 4) is 0 Å². The van der Waals surface area contributed by atoms with Crippen LogP contribution in [0, 0.1) is 0 Å². The fourth-order valence-electron chi connectivity index (χ4n) is 1.85. The second-order valence-electron chi connectivity index (χ2n) is 3.92. The summed E-state index contributed by atoms with van der Waals surface area (Å²) >= 11 is 0. The fourth-order valence-corrected chi connectivity index (χ4v) is 1.85. The second-order valence-corrected chi connectivity index (χ2v) is 3.92. The van der Waals surface area contributed by atoms with Gasteiger partial charge >= 0.3 is 5.69 Å². The zero-order valence-electron chi connectivity index (χ0n) is 8.50. The maximum Gasteiger partial charge on any atom is 0.345 e. The highest BCUT2D eigenvalue weighted by Crippen LogP contribution is 2.23. The summed E-state index contributed by atoms with van der Waals surface area (Å²) in [5.41, 5.74) is 2.87. The molecule has 0 aliphatic heterocycles. The van der Waals surface area contributed by atoms with Gasteiger partial charge in [-0.2, -0.15) is 4.98 Å². The zero-order chi connectivity index (χ0) is 10.1. The van der Waals surface area contributed by atoms with E-state index >= 15 is 0 Å². The Balaban J connectivity index is 2.65. The molecule has 1 N–H and O–H groups in total. The number of H-pyrrole nitrogens is 1. The van der Waals surface area contributed by atoms with Crippen LogP contribution >= 0.6 is 0 Å². The van der Waals surface area contributed by atoms with Gasteiger partial charge in [-0.15, -0.1) is 0 Å². The first kappa shape index (κ1) is 9.19. The summed E-state index contributed by atoms with van der Waals surface area (Å²) in [6, 6.07) is 0. The Hall–Kier alpha value is -1.38. The summed E-state index contributed by atoms with van der Waals surface area (Å²) < 4.78 is 0. The fraction of sp³-hybridized carbons (Fsp3) is 0.455. The minimum atomic E-state index is -0.237. The average Bonchev–Trinajstić information content (AvgIpc) is 2.16. The highest BCUT2D eigenvalue weighted by molar-refractivity contribution is 5.53. The molecule has 2 rings (SSSR count). The van der Waals surface area contributed by atoms with Crippen LogP contribution < -0.4 is 5.69 Å². The molecule has 3 nitrogen and oxygen atoms in total. The van der Waals surface area contributed by atoms with E-state index in [1.54, 1.807) is 0 Å². The van der Waals surface area contributed by atoms with Crippen LogP contribution in [0.1, 0.15) is 43.1 Å². The molecule has 0 amide bonds. The summed E-state index contributed by atoms with van der Waals surface area (Å²) in [4.78, 5) is 18.1. The van der Waals surface area contributed by atoms with Crippen LogP contribution in [-0.2, 0) is 6.42 Å². The van der Waals surface area contributed by atoms with Crippen LogP contribution in [0.5, 0.6) is 0 Å². The summed E-state index contributed by atoms with van der Waals surface area (Å²) in [5, 5.41) is 0. The number of fused-ring (bicyclic) bond motifs is 1. The van der Waals surface area contributed by atoms with Gasteiger partial charge in [0, 0.05) is 5.69 Å². The predicted molar refractivity (Wildman–Crippen MR) is 56.3 cm³/mol. The summed E-state index contributed by atoms with van der Waals surface area (Å²) in [5.74, 6) is 0.353. The molecule has 1 aliphatic carbocycles. The molecule has 14 heavy (non-hydrogen) atoms. The number of aromatic amines is 1. The van der Waals surface area contributed by atoms with Crippen LogP contribution in [-0.4, -0.2) is 9.97 Å². The van der Waals surface area contributed by atoms with Gasteiger partial charge in [-0.3, -0.25) is 0 Å². The summed E-state index contributed by atoms with van der Waals surface area (Å²) in [7, 11) is 0. The third kappa shape index (κ3) is 1.50. The largest absolute Gasteiger partial charge is 0.345 e. The van der Waals surface area contributed by atoms with Gasteiger partial charge in [0.1, 0.15) is 0 Å². The van der Waals surface area contributed by atoms with Crippen molar-refractivity contribution in [1.82, 2.24) is 9.97 Å². The number of rotatable bonds is 1. The Bertz CT molecular complexity index is 429. The van der Waals surface area contributed by atoms with Crippen molar-refractivity contribution in [2.75, 3.05) is 0 Å². The number of hydrogen-bond donors (Lipinski definition) is 1. The monoisotopic (exact) mass is 190 g/mol. The molecule has 0 radical (unpaired) electrons. The Kier molecular flexibility index (Phi) is 2.23. The maximum absolute atomic E-state index is 11.3. The molecular weight excluding hydrogens is 176 g/mol. The Labute approximate surface area is 82.9 Å². The van der Waals surface area contributed by atoms with Crippen molar-refractivity contribution >= 4 is 6.08 Å². The zero-order valence-corrected chi connectivity index (χ0v) is 8.50. The molecule has 1 aromatic rings. The van der Waals surface area contributed by atoms with Crippen molar-refractivity contribution in [2.24, 2.45) is 0 Å². The minimum absolute atomic E-state index is 0.237. The molecule has 0 atom stereocenters. The van der Waals surface area contributed by atoms with E-state index < -0.39 is 0 Å². The van der Waals surface area contributed by atoms with Gasteiger partial charge in [0.15, 0.2) is 0 Å². The van der Waals surface area contributed by atoms with Crippen molar-refractivity contribution < 1.29 is 0 Å². The van der Waals surface area contributed by atoms with Crippen LogP contribution in [0.4, 0.5) is 0 Å². The van der Waals surface area contributed by atoms with E-state index in [1.165, 1.54) is 5.56 Å². The Morgan fingerprint density at radius 1 is 1.50 bits per heavy atom. The first-order valence-corrected chi connectivity index (χ1v) is 4.98. The van der Waals surface area contributed by atoms with Crippen molar-refractivity contribution in [1.29, 1.82) is 0 Å². The van der Waals surface area contributed by atoms with E-state index in [-0.39, 0.29) is 5.69 Å². The Morgan fingerprint density at radius 2 is 2.29 bits per heavy atom. The van der Waals surface area contributed by atoms with Gasteiger partial charge in [0.05, 0.1) is 5.69 Å². The van der Waals surface area contributed by atoms with Gasteiger partial charge in [-0.1, -0.05) is 19.9 Å². The van der Waals surface area contributed by atoms with E-state index in [0.29, 0.717) is 5.92 Å². The van der Waals surface area contributed by atoms with Crippen LogP contribution in [0.15, 0.2) is 10.9 Å². The van der Waals surface area contributed by atoms with Crippen molar-refractivity contribution in [2.45, 2.75) is 32.6 Å². The van der Waals surface area contributed by atoms with E-state index in [1.807, 2.05) is 6.08 Å². The van der Waals surface area contributed by atoms with E-state index in [9.17, 15) is 4.79 Å². The molecule has 0 saturated carbocycles. The number of allylic oxidation sites excluding steroid dienone is 1. The molecule has 3 heteroatoms. The van der Waals surface area contributed by atoms with Crippen molar-refractivity contribution in [3.05, 3.63) is 33.5 Å². The highest BCUT2D eigenvalue weighted by atomic mass is 16.1. The number of nitrogens with zero attached hydrogens (tertiary/aromatic N) is 1. The molecule has 1 aliphatic rings. The van der Waals surface area contributed by atoms with E-state index in [4.69, 9.17) is 0 Å². The van der Waals surface area contributed by atoms with Gasteiger partial charge in [0.2, 0.25) is 0 Å². The lowest BCUT2D eigenvalue weighted by Crippen LogP contribution is -2.19. The van der Waals surface area contributed by atoms with Gasteiger partial charge < -0.3 is 4.98 Å². The van der Waals surface area contributed by atoms with Crippen LogP contribution in [0.2, 0.25) is 0 Å².